The minimum Gasteiger partial charge on any atom is -0.383 e. The van der Waals surface area contributed by atoms with E-state index >= 15 is 0 Å². The molecule has 2 N–H and O–H groups in total. The fourth-order valence-electron chi connectivity index (χ4n) is 1.03. The molecular formula is C8H6BrClN4S. The summed E-state index contributed by atoms with van der Waals surface area (Å²) in [6.45, 7) is 1.85. The molecule has 78 valence electrons. The van der Waals surface area contributed by atoms with Gasteiger partial charge in [-0.25, -0.2) is 15.0 Å². The van der Waals surface area contributed by atoms with Crippen molar-refractivity contribution in [2.45, 2.75) is 6.92 Å². The number of nitrogen functional groups attached to an aromatic ring is 1. The number of nitrogens with two attached hydrogens (primary N) is 1. The molecule has 15 heavy (non-hydrogen) atoms. The van der Waals surface area contributed by atoms with Crippen LogP contribution in [-0.4, -0.2) is 15.0 Å². The topological polar surface area (TPSA) is 64.7 Å². The van der Waals surface area contributed by atoms with Crippen molar-refractivity contribution in [3.05, 3.63) is 20.7 Å². The molecule has 2 aromatic heterocycles. The maximum atomic E-state index is 5.78. The molecule has 0 unspecified atom stereocenters. The zero-order chi connectivity index (χ0) is 11.0. The molecule has 0 saturated heterocycles. The van der Waals surface area contributed by atoms with E-state index in [0.29, 0.717) is 25.5 Å². The summed E-state index contributed by atoms with van der Waals surface area (Å²) in [6.07, 6.45) is 1.57. The van der Waals surface area contributed by atoms with E-state index in [1.165, 1.54) is 11.3 Å². The van der Waals surface area contributed by atoms with Gasteiger partial charge in [-0.1, -0.05) is 22.9 Å². The second kappa shape index (κ2) is 4.03. The van der Waals surface area contributed by atoms with Crippen LogP contribution >= 0.6 is 38.9 Å². The van der Waals surface area contributed by atoms with Crippen LogP contribution in [0.3, 0.4) is 0 Å². The summed E-state index contributed by atoms with van der Waals surface area (Å²) >= 11 is 10.4. The number of anilines is 1. The Bertz CT molecular complexity index is 490. The van der Waals surface area contributed by atoms with Gasteiger partial charge < -0.3 is 5.73 Å². The fraction of sp³-hybridized carbons (Fsp3) is 0.125. The van der Waals surface area contributed by atoms with Crippen molar-refractivity contribution in [3.63, 3.8) is 0 Å². The first-order valence-corrected chi connectivity index (χ1v) is 5.98. The molecule has 0 aliphatic heterocycles. The van der Waals surface area contributed by atoms with E-state index in [1.54, 1.807) is 6.20 Å². The Labute approximate surface area is 104 Å². The zero-order valence-electron chi connectivity index (χ0n) is 7.66. The number of aromatic nitrogens is 3. The lowest BCUT2D eigenvalue weighted by Crippen LogP contribution is -1.99. The third-order valence-corrected chi connectivity index (χ3v) is 3.80. The maximum Gasteiger partial charge on any atom is 0.191 e. The van der Waals surface area contributed by atoms with Gasteiger partial charge in [-0.15, -0.1) is 0 Å². The summed E-state index contributed by atoms with van der Waals surface area (Å²) in [7, 11) is 0. The van der Waals surface area contributed by atoms with E-state index in [0.717, 1.165) is 5.69 Å². The molecule has 7 heteroatoms. The Morgan fingerprint density at radius 2 is 2.20 bits per heavy atom. The van der Waals surface area contributed by atoms with Gasteiger partial charge >= 0.3 is 0 Å². The monoisotopic (exact) mass is 304 g/mol. The number of nitrogens with zero attached hydrogens (tertiary/aromatic N) is 3. The van der Waals surface area contributed by atoms with Crippen molar-refractivity contribution >= 4 is 44.7 Å². The number of aryl methyl sites for hydroxylation is 1. The smallest absolute Gasteiger partial charge is 0.191 e. The first kappa shape index (κ1) is 10.8. The first-order chi connectivity index (χ1) is 7.08. The molecular weight excluding hydrogens is 300 g/mol. The van der Waals surface area contributed by atoms with Gasteiger partial charge in [0, 0.05) is 0 Å². The second-order valence-corrected chi connectivity index (χ2v) is 5.26. The highest BCUT2D eigenvalue weighted by Crippen LogP contribution is 2.28. The molecule has 0 bridgehead atoms. The van der Waals surface area contributed by atoms with Crippen LogP contribution in [0.25, 0.3) is 10.8 Å². The summed E-state index contributed by atoms with van der Waals surface area (Å²) in [6, 6.07) is 0. The predicted molar refractivity (Wildman–Crippen MR) is 65.0 cm³/mol. The van der Waals surface area contributed by atoms with Gasteiger partial charge in [0.1, 0.15) is 10.2 Å². The average molecular weight is 306 g/mol. The molecule has 0 radical (unpaired) electrons. The van der Waals surface area contributed by atoms with Crippen molar-refractivity contribution in [1.82, 2.24) is 15.0 Å². The quantitative estimate of drug-likeness (QED) is 0.880. The Hall–Kier alpha value is -0.720. The lowest BCUT2D eigenvalue weighted by atomic mass is 10.4. The fourth-order valence-corrected chi connectivity index (χ4v) is 2.06. The minimum absolute atomic E-state index is 0.406. The highest BCUT2D eigenvalue weighted by atomic mass is 79.9. The van der Waals surface area contributed by atoms with E-state index < -0.39 is 0 Å². The van der Waals surface area contributed by atoms with E-state index in [4.69, 9.17) is 17.3 Å². The SMILES string of the molecule is Cc1nc(-c2ncc(Cl)s2)nc(N)c1Br. The molecule has 0 aliphatic rings. The summed E-state index contributed by atoms with van der Waals surface area (Å²) in [4.78, 5) is 12.5. The van der Waals surface area contributed by atoms with Crippen LogP contribution in [0.2, 0.25) is 4.34 Å². The first-order valence-electron chi connectivity index (χ1n) is 3.99. The van der Waals surface area contributed by atoms with Crippen LogP contribution in [-0.2, 0) is 0 Å². The van der Waals surface area contributed by atoms with Gasteiger partial charge in [-0.2, -0.15) is 0 Å². The van der Waals surface area contributed by atoms with Crippen molar-refractivity contribution in [1.29, 1.82) is 0 Å². The molecule has 2 heterocycles. The van der Waals surface area contributed by atoms with Crippen LogP contribution in [0.5, 0.6) is 0 Å². The minimum atomic E-state index is 0.406. The molecule has 0 spiro atoms. The third-order valence-electron chi connectivity index (χ3n) is 1.71. The molecule has 0 aromatic carbocycles. The lowest BCUT2D eigenvalue weighted by Gasteiger charge is -2.02. The van der Waals surface area contributed by atoms with Gasteiger partial charge in [-0.05, 0) is 22.9 Å². The molecule has 4 nitrogen and oxygen atoms in total. The van der Waals surface area contributed by atoms with Crippen LogP contribution < -0.4 is 5.73 Å². The predicted octanol–water partition coefficient (Wildman–Crippen LogP) is 2.91. The molecule has 0 aliphatic carbocycles. The zero-order valence-corrected chi connectivity index (χ0v) is 10.8. The van der Waals surface area contributed by atoms with E-state index in [2.05, 4.69) is 30.9 Å². The molecule has 0 fully saturated rings. The van der Waals surface area contributed by atoms with Crippen molar-refractivity contribution in [2.75, 3.05) is 5.73 Å². The normalized spacial score (nSPS) is 10.6. The lowest BCUT2D eigenvalue weighted by molar-refractivity contribution is 1.09. The molecule has 0 amide bonds. The molecule has 0 saturated carbocycles. The number of rotatable bonds is 1. The number of halogens is 2. The number of hydrogen-bond acceptors (Lipinski definition) is 5. The molecule has 2 aromatic rings. The van der Waals surface area contributed by atoms with Gasteiger partial charge in [0.2, 0.25) is 0 Å². The second-order valence-electron chi connectivity index (χ2n) is 2.80. The van der Waals surface area contributed by atoms with Crippen LogP contribution in [0.4, 0.5) is 5.82 Å². The van der Waals surface area contributed by atoms with E-state index in [1.807, 2.05) is 6.92 Å². The van der Waals surface area contributed by atoms with Crippen LogP contribution in [0.15, 0.2) is 10.7 Å². The Morgan fingerprint density at radius 3 is 2.73 bits per heavy atom. The Balaban J connectivity index is 2.55. The summed E-state index contributed by atoms with van der Waals surface area (Å²) in [5, 5.41) is 0.669. The van der Waals surface area contributed by atoms with Gasteiger partial charge in [-0.3, -0.25) is 0 Å². The number of hydrogen-bond donors (Lipinski definition) is 1. The highest BCUT2D eigenvalue weighted by Gasteiger charge is 2.11. The third kappa shape index (κ3) is 2.11. The van der Waals surface area contributed by atoms with E-state index in [-0.39, 0.29) is 0 Å². The van der Waals surface area contributed by atoms with Crippen LogP contribution in [0.1, 0.15) is 5.69 Å². The summed E-state index contributed by atoms with van der Waals surface area (Å²) in [5.74, 6) is 0.911. The molecule has 0 atom stereocenters. The standard InChI is InChI=1S/C8H6BrClN4S/c1-3-5(9)6(11)14-7(13-3)8-12-2-4(10)15-8/h2H,1H3,(H2,11,13,14). The number of thiazole rings is 1. The highest BCUT2D eigenvalue weighted by molar-refractivity contribution is 9.10. The van der Waals surface area contributed by atoms with Crippen molar-refractivity contribution in [2.24, 2.45) is 0 Å². The van der Waals surface area contributed by atoms with Gasteiger partial charge in [0.15, 0.2) is 10.8 Å². The van der Waals surface area contributed by atoms with Crippen molar-refractivity contribution < 1.29 is 0 Å². The molecule has 2 rings (SSSR count). The summed E-state index contributed by atoms with van der Waals surface area (Å²) in [5.41, 5.74) is 6.49. The van der Waals surface area contributed by atoms with Crippen LogP contribution in [0, 0.1) is 6.92 Å². The van der Waals surface area contributed by atoms with Crippen molar-refractivity contribution in [3.8, 4) is 10.8 Å². The van der Waals surface area contributed by atoms with Gasteiger partial charge in [0.05, 0.1) is 16.4 Å². The summed E-state index contributed by atoms with van der Waals surface area (Å²) < 4.78 is 1.32. The largest absolute Gasteiger partial charge is 0.383 e. The van der Waals surface area contributed by atoms with E-state index in [9.17, 15) is 0 Å². The maximum absolute atomic E-state index is 5.78. The van der Waals surface area contributed by atoms with Gasteiger partial charge in [0.25, 0.3) is 0 Å². The Kier molecular flexibility index (Phi) is 2.90. The Morgan fingerprint density at radius 1 is 1.47 bits per heavy atom. The average Bonchev–Trinajstić information content (AvgIpc) is 2.60.